The number of ether oxygens (including phenoxy) is 4. The average Bonchev–Trinajstić information content (AvgIpc) is 1.63. The third kappa shape index (κ3) is 17.5. The Morgan fingerprint density at radius 1 is 0.828 bits per heavy atom. The van der Waals surface area contributed by atoms with Crippen LogP contribution in [0.1, 0.15) is 70.4 Å². The number of nitrogen functional groups attached to an aromatic ring is 1. The molecule has 3 fully saturated rings. The van der Waals surface area contributed by atoms with Crippen LogP contribution in [-0.4, -0.2) is 192 Å². The van der Waals surface area contributed by atoms with Crippen LogP contribution in [0.4, 0.5) is 40.5 Å². The summed E-state index contributed by atoms with van der Waals surface area (Å²) in [5, 5.41) is 13.1. The van der Waals surface area contributed by atoms with Crippen LogP contribution in [0.2, 0.25) is 0 Å². The van der Waals surface area contributed by atoms with Crippen molar-refractivity contribution >= 4 is 115 Å². The Morgan fingerprint density at radius 3 is 2.17 bits per heavy atom. The van der Waals surface area contributed by atoms with Gasteiger partial charge in [0.1, 0.15) is 67.9 Å². The standard InChI is InChI=1S/C53H67F2N17O18P2S/c1-27(2)38(67-33(73)9-5-4-6-17-70-34(74)14-15-35(70)75)48(77)66-30(8-7-16-58-51(57)78)47(76)65-29-12-10-28(11-13-29)20-84-53(80)69(3)18-19-83-52(79)68-44-40-46(62-24-60-44)72(26-64-40)50-37(55)42-31(87-50)21-85-91(81)89-41-32(22-86-92(82,93)90-42)88-49(36(41)54)71-25-63-39-43(56)59-23-61-45(39)71/h10-15,23-27,30-32,36-38,41-42,49-50,91H,4-9,16-22H2,1-3H3,(H,65,76)(H,66,77)(H,67,73)(H,82,93)(H2,56,59,61)(H3,57,58,78)(H,60,62,68,79)/t30-,31+,32+,36+,37+,38-,41+,42+,49+,50+,92+/m0/s1. The van der Waals surface area contributed by atoms with E-state index in [0.29, 0.717) is 30.5 Å². The first kappa shape index (κ1) is 69.0. The summed E-state index contributed by atoms with van der Waals surface area (Å²) >= 11 is 4.05. The Hall–Kier alpha value is -8.35. The van der Waals surface area contributed by atoms with Gasteiger partial charge >= 0.3 is 33.3 Å². The molecule has 12 atom stereocenters. The number of alkyl halides is 2. The summed E-state index contributed by atoms with van der Waals surface area (Å²) in [7, 11) is -2.21. The fourth-order valence-corrected chi connectivity index (χ4v) is 12.4. The van der Waals surface area contributed by atoms with Gasteiger partial charge in [-0.3, -0.25) is 56.9 Å². The molecule has 35 nitrogen and oxygen atoms in total. The van der Waals surface area contributed by atoms with Crippen molar-refractivity contribution in [1.82, 2.24) is 64.8 Å². The lowest BCUT2D eigenvalue weighted by Crippen LogP contribution is -2.54. The minimum absolute atomic E-state index is 0.0166. The minimum atomic E-state index is -4.55. The molecule has 9 amide bonds. The number of hydrogen-bond acceptors (Lipinski definition) is 25. The summed E-state index contributed by atoms with van der Waals surface area (Å²) in [6.45, 7) is -2.85. The van der Waals surface area contributed by atoms with Crippen LogP contribution in [0.25, 0.3) is 22.3 Å². The van der Waals surface area contributed by atoms with Gasteiger partial charge in [-0.05, 0) is 49.3 Å². The topological polar surface area (TPSA) is 450 Å². The highest BCUT2D eigenvalue weighted by atomic mass is 32.7. The number of hydrogen-bond donors (Lipinski definition) is 8. The first-order chi connectivity index (χ1) is 44.4. The van der Waals surface area contributed by atoms with E-state index in [2.05, 4.69) is 68.7 Å². The van der Waals surface area contributed by atoms with Gasteiger partial charge in [0.2, 0.25) is 17.7 Å². The molecule has 93 heavy (non-hydrogen) atoms. The molecule has 9 N–H and O–H groups in total. The van der Waals surface area contributed by atoms with Crippen LogP contribution in [0.15, 0.2) is 61.7 Å². The van der Waals surface area contributed by atoms with Crippen molar-refractivity contribution < 1.29 is 93.3 Å². The summed E-state index contributed by atoms with van der Waals surface area (Å²) < 4.78 is 107. The second kappa shape index (κ2) is 31.1. The predicted molar refractivity (Wildman–Crippen MR) is 323 cm³/mol. The maximum absolute atomic E-state index is 16.6. The highest BCUT2D eigenvalue weighted by Crippen LogP contribution is 2.58. The number of imide groups is 1. The number of likely N-dealkylation sites (N-methyl/N-ethyl adjacent to an activating group) is 1. The molecule has 3 saturated heterocycles. The molecule has 9 rings (SSSR count). The number of halogens is 2. The molecule has 0 bridgehead atoms. The number of benzene rings is 1. The second-order valence-electron chi connectivity index (χ2n) is 21.8. The first-order valence-corrected chi connectivity index (χ1v) is 32.9. The van der Waals surface area contributed by atoms with E-state index in [1.165, 1.54) is 30.1 Å². The third-order valence-electron chi connectivity index (χ3n) is 14.9. The zero-order valence-corrected chi connectivity index (χ0v) is 52.7. The lowest BCUT2D eigenvalue weighted by Gasteiger charge is -2.26. The second-order valence-corrected chi connectivity index (χ2v) is 25.7. The van der Waals surface area contributed by atoms with E-state index >= 15 is 8.78 Å². The van der Waals surface area contributed by atoms with Gasteiger partial charge in [0, 0.05) is 44.4 Å². The van der Waals surface area contributed by atoms with Gasteiger partial charge in [-0.1, -0.05) is 44.6 Å². The number of imidazole rings is 2. The highest BCUT2D eigenvalue weighted by molar-refractivity contribution is 8.44. The summed E-state index contributed by atoms with van der Waals surface area (Å²) in [5.74, 6) is -2.95. The number of nitrogens with two attached hydrogens (primary N) is 2. The molecule has 40 heteroatoms. The Labute approximate surface area is 533 Å². The molecule has 5 aromatic rings. The molecular weight excluding hydrogens is 1290 g/mol. The van der Waals surface area contributed by atoms with Crippen molar-refractivity contribution in [3.8, 4) is 0 Å². The van der Waals surface area contributed by atoms with E-state index in [-0.39, 0.29) is 104 Å². The Bertz CT molecular complexity index is 3670. The molecule has 8 heterocycles. The molecule has 0 spiro atoms. The van der Waals surface area contributed by atoms with Gasteiger partial charge in [-0.2, -0.15) is 0 Å². The third-order valence-corrected chi connectivity index (χ3v) is 17.4. The Balaban J connectivity index is 0.718. The van der Waals surface area contributed by atoms with Gasteiger partial charge in [0.25, 0.3) is 11.8 Å². The highest BCUT2D eigenvalue weighted by Gasteiger charge is 2.53. The van der Waals surface area contributed by atoms with Gasteiger partial charge in [0.05, 0.1) is 32.4 Å². The Kier molecular flexibility index (Phi) is 23.0. The molecule has 4 aliphatic heterocycles. The number of rotatable bonds is 24. The van der Waals surface area contributed by atoms with Crippen molar-refractivity contribution in [3.05, 3.63) is 67.3 Å². The number of amides is 9. The maximum atomic E-state index is 16.6. The number of thiol groups is 1. The number of primary amides is 1. The van der Waals surface area contributed by atoms with Gasteiger partial charge in [-0.15, -0.1) is 0 Å². The summed E-state index contributed by atoms with van der Waals surface area (Å²) in [6, 6.07) is 3.34. The molecule has 0 aliphatic carbocycles. The van der Waals surface area contributed by atoms with E-state index < -0.39 is 126 Å². The SMILES string of the molecule is CC(C)[C@H](NC(=O)CCCCCN1C(=O)C=CC1=O)C(=O)N[C@@H](CCCNC(N)=O)C(=O)Nc1ccc(COC(=O)N(C)CCOC(=O)Nc2ncnc3c2ncn3[C@@H]2O[C@@H]3CO[PH](=O)O[C@H]4[C@@H](F)[C@H](n5cnc6c(N)ncnc65)O[C@@H]4CO[P@@](=O)(S)O[C@H]3[C@H]2F)cc1. The van der Waals surface area contributed by atoms with E-state index in [1.807, 2.05) is 0 Å². The van der Waals surface area contributed by atoms with Crippen LogP contribution in [-0.2, 0) is 76.8 Å². The van der Waals surface area contributed by atoms with Crippen molar-refractivity contribution in [2.45, 2.75) is 120 Å². The van der Waals surface area contributed by atoms with E-state index in [0.717, 1.165) is 33.3 Å². The zero-order chi connectivity index (χ0) is 66.7. The summed E-state index contributed by atoms with van der Waals surface area (Å²) in [6.07, 6.45) is -6.66. The maximum Gasteiger partial charge on any atom is 0.412 e. The van der Waals surface area contributed by atoms with Gasteiger partial charge in [-0.25, -0.2) is 57.6 Å². The van der Waals surface area contributed by atoms with Crippen molar-refractivity contribution in [3.63, 3.8) is 0 Å². The normalized spacial score (nSPS) is 24.5. The lowest BCUT2D eigenvalue weighted by atomic mass is 10.0. The largest absolute Gasteiger partial charge is 0.447 e. The summed E-state index contributed by atoms with van der Waals surface area (Å²) in [4.78, 5) is 128. The molecule has 0 saturated carbocycles. The van der Waals surface area contributed by atoms with Gasteiger partial charge < -0.3 is 65.6 Å². The number of anilines is 3. The molecule has 0 radical (unpaired) electrons. The summed E-state index contributed by atoms with van der Waals surface area (Å²) in [5.41, 5.74) is 12.0. The minimum Gasteiger partial charge on any atom is -0.447 e. The van der Waals surface area contributed by atoms with E-state index in [4.69, 9.17) is 48.5 Å². The van der Waals surface area contributed by atoms with E-state index in [1.54, 1.807) is 38.1 Å². The molecular formula is C53H67F2N17O18P2S. The number of carbonyl (C=O) groups is 8. The van der Waals surface area contributed by atoms with Crippen LogP contribution >= 0.6 is 27.3 Å². The van der Waals surface area contributed by atoms with Crippen LogP contribution in [0.5, 0.6) is 0 Å². The number of urea groups is 1. The number of carbonyl (C=O) groups excluding carboxylic acids is 8. The Morgan fingerprint density at radius 2 is 1.48 bits per heavy atom. The van der Waals surface area contributed by atoms with Crippen molar-refractivity contribution in [1.29, 1.82) is 0 Å². The smallest absolute Gasteiger partial charge is 0.412 e. The quantitative estimate of drug-likeness (QED) is 0.0190. The van der Waals surface area contributed by atoms with Crippen molar-refractivity contribution in [2.24, 2.45) is 11.7 Å². The van der Waals surface area contributed by atoms with Crippen molar-refractivity contribution in [2.75, 3.05) is 62.9 Å². The van der Waals surface area contributed by atoms with Gasteiger partial charge in [0.15, 0.2) is 53.2 Å². The molecule has 1 aromatic carbocycles. The number of unbranched alkanes of at least 4 members (excludes halogenated alkanes) is 2. The molecule has 1 unspecified atom stereocenters. The van der Waals surface area contributed by atoms with Crippen LogP contribution < -0.4 is 38.1 Å². The van der Waals surface area contributed by atoms with E-state index in [9.17, 15) is 47.5 Å². The number of aromatic nitrogens is 8. The average molecular weight is 1360 g/mol. The van der Waals surface area contributed by atoms with Crippen LogP contribution in [0, 0.1) is 5.92 Å². The monoisotopic (exact) mass is 1360 g/mol. The van der Waals surface area contributed by atoms with Crippen LogP contribution in [0.3, 0.4) is 0 Å². The first-order valence-electron chi connectivity index (χ1n) is 29.0. The zero-order valence-electron chi connectivity index (χ0n) is 49.9. The molecule has 4 aromatic heterocycles. The number of fused-ring (bicyclic) bond motifs is 4. The number of nitrogens with one attached hydrogen (secondary N) is 5. The molecule has 502 valence electrons. The molecule has 4 aliphatic rings. The fraction of sp³-hybridized carbons (Fsp3) is 0.509. The fourth-order valence-electron chi connectivity index (χ4n) is 10.1. The number of nitrogens with zero attached hydrogens (tertiary/aromatic N) is 10. The lowest BCUT2D eigenvalue weighted by molar-refractivity contribution is -0.137. The predicted octanol–water partition coefficient (Wildman–Crippen LogP) is 3.28.